The smallest absolute Gasteiger partial charge is 0.347 e. The Hall–Kier alpha value is -1.77. The van der Waals surface area contributed by atoms with Crippen molar-refractivity contribution in [2.24, 2.45) is 0 Å². The third-order valence-corrected chi connectivity index (χ3v) is 4.01. The van der Waals surface area contributed by atoms with Crippen molar-refractivity contribution in [2.45, 2.75) is 13.5 Å². The summed E-state index contributed by atoms with van der Waals surface area (Å²) in [5.74, 6) is -1.54. The molecule has 2 heterocycles. The van der Waals surface area contributed by atoms with Crippen LogP contribution in [-0.4, -0.2) is 32.2 Å². The van der Waals surface area contributed by atoms with Crippen LogP contribution < -0.4 is 5.32 Å². The Labute approximate surface area is 132 Å². The highest BCUT2D eigenvalue weighted by molar-refractivity contribution is 7.13. The Morgan fingerprint density at radius 3 is 2.71 bits per heavy atom. The molecule has 0 aliphatic rings. The number of amides is 1. The summed E-state index contributed by atoms with van der Waals surface area (Å²) in [5, 5.41) is 19.0. The topological polar surface area (TPSA) is 105 Å². The number of nitrogens with zero attached hydrogens (tertiary/aromatic N) is 3. The number of carboxylic acids is 1. The maximum Gasteiger partial charge on any atom is 0.347 e. The van der Waals surface area contributed by atoms with Crippen LogP contribution in [-0.2, 0) is 6.54 Å². The molecule has 0 aliphatic carbocycles. The van der Waals surface area contributed by atoms with Gasteiger partial charge in [-0.05, 0) is 13.0 Å². The predicted octanol–water partition coefficient (Wildman–Crippen LogP) is 2.18. The van der Waals surface area contributed by atoms with Crippen molar-refractivity contribution in [2.75, 3.05) is 0 Å². The Morgan fingerprint density at radius 1 is 1.38 bits per heavy atom. The van der Waals surface area contributed by atoms with Crippen LogP contribution in [0.4, 0.5) is 0 Å². The van der Waals surface area contributed by atoms with E-state index in [4.69, 9.17) is 28.3 Å². The second-order valence-corrected chi connectivity index (χ2v) is 5.71. The van der Waals surface area contributed by atoms with Crippen LogP contribution in [0, 0.1) is 6.92 Å². The maximum absolute atomic E-state index is 12.0. The zero-order valence-corrected chi connectivity index (χ0v) is 12.9. The molecule has 0 aromatic carbocycles. The van der Waals surface area contributed by atoms with Gasteiger partial charge in [-0.3, -0.25) is 4.79 Å². The van der Waals surface area contributed by atoms with Crippen LogP contribution in [0.5, 0.6) is 0 Å². The molecule has 2 aromatic rings. The van der Waals surface area contributed by atoms with Gasteiger partial charge in [-0.15, -0.1) is 21.5 Å². The molecule has 0 unspecified atom stereocenters. The van der Waals surface area contributed by atoms with E-state index in [1.54, 1.807) is 6.92 Å². The van der Waals surface area contributed by atoms with E-state index in [0.717, 1.165) is 11.3 Å². The molecule has 0 saturated heterocycles. The number of hydrogen-bond donors (Lipinski definition) is 2. The summed E-state index contributed by atoms with van der Waals surface area (Å²) in [4.78, 5) is 27.1. The van der Waals surface area contributed by atoms with Gasteiger partial charge in [0.15, 0.2) is 10.3 Å². The zero-order chi connectivity index (χ0) is 15.6. The number of halogens is 2. The van der Waals surface area contributed by atoms with E-state index >= 15 is 0 Å². The number of aromatic nitrogens is 3. The molecular formula is C11H8Cl2N4O3S. The minimum atomic E-state index is -1.05. The third-order valence-electron chi connectivity index (χ3n) is 2.40. The summed E-state index contributed by atoms with van der Waals surface area (Å²) in [5.41, 5.74) is 0.492. The molecule has 2 aromatic heterocycles. The SMILES string of the molecule is Cc1nc(CNC(=O)c2cc(Cl)nnc2Cl)sc1C(=O)O. The third kappa shape index (κ3) is 3.66. The number of aryl methyl sites for hydroxylation is 1. The first-order chi connectivity index (χ1) is 9.88. The van der Waals surface area contributed by atoms with Crippen LogP contribution >= 0.6 is 34.5 Å². The van der Waals surface area contributed by atoms with Gasteiger partial charge >= 0.3 is 5.97 Å². The summed E-state index contributed by atoms with van der Waals surface area (Å²) in [6, 6.07) is 1.29. The second-order valence-electron chi connectivity index (χ2n) is 3.88. The molecule has 0 fully saturated rings. The Morgan fingerprint density at radius 2 is 2.10 bits per heavy atom. The molecule has 0 spiro atoms. The molecular weight excluding hydrogens is 339 g/mol. The molecule has 0 aliphatic heterocycles. The number of carbonyl (C=O) groups is 2. The molecule has 0 radical (unpaired) electrons. The van der Waals surface area contributed by atoms with Crippen LogP contribution in [0.1, 0.15) is 30.7 Å². The summed E-state index contributed by atoms with van der Waals surface area (Å²) in [6.07, 6.45) is 0. The lowest BCUT2D eigenvalue weighted by Crippen LogP contribution is -2.23. The molecule has 10 heteroatoms. The van der Waals surface area contributed by atoms with Gasteiger partial charge in [0.25, 0.3) is 5.91 Å². The van der Waals surface area contributed by atoms with E-state index in [0.29, 0.717) is 10.7 Å². The maximum atomic E-state index is 12.0. The number of carbonyl (C=O) groups excluding carboxylic acids is 1. The van der Waals surface area contributed by atoms with Gasteiger partial charge in [0.1, 0.15) is 9.88 Å². The molecule has 0 atom stereocenters. The lowest BCUT2D eigenvalue weighted by Gasteiger charge is -2.04. The van der Waals surface area contributed by atoms with E-state index < -0.39 is 11.9 Å². The van der Waals surface area contributed by atoms with E-state index in [-0.39, 0.29) is 27.3 Å². The average Bonchev–Trinajstić information content (AvgIpc) is 2.80. The zero-order valence-electron chi connectivity index (χ0n) is 10.6. The number of nitrogens with one attached hydrogen (secondary N) is 1. The summed E-state index contributed by atoms with van der Waals surface area (Å²) >= 11 is 12.4. The van der Waals surface area contributed by atoms with E-state index in [2.05, 4.69) is 20.5 Å². The lowest BCUT2D eigenvalue weighted by molar-refractivity contribution is 0.0701. The molecule has 110 valence electrons. The summed E-state index contributed by atoms with van der Waals surface area (Å²) in [7, 11) is 0. The summed E-state index contributed by atoms with van der Waals surface area (Å²) < 4.78 is 0. The predicted molar refractivity (Wildman–Crippen MR) is 77.0 cm³/mol. The molecule has 0 bridgehead atoms. The van der Waals surface area contributed by atoms with Crippen molar-refractivity contribution in [1.82, 2.24) is 20.5 Å². The standard InChI is InChI=1S/C11H8Cl2N4O3S/c1-4-8(11(19)20)21-7(15-4)3-14-10(18)5-2-6(12)16-17-9(5)13/h2H,3H2,1H3,(H,14,18)(H,19,20). The minimum absolute atomic E-state index is 0.0443. The number of aromatic carboxylic acids is 1. The van der Waals surface area contributed by atoms with Gasteiger partial charge in [-0.2, -0.15) is 0 Å². The lowest BCUT2D eigenvalue weighted by atomic mass is 10.3. The summed E-state index contributed by atoms with van der Waals surface area (Å²) in [6.45, 7) is 1.67. The van der Waals surface area contributed by atoms with Crippen LogP contribution in [0.2, 0.25) is 10.3 Å². The molecule has 21 heavy (non-hydrogen) atoms. The molecule has 0 saturated carbocycles. The molecule has 1 amide bonds. The van der Waals surface area contributed by atoms with Crippen molar-refractivity contribution in [3.8, 4) is 0 Å². The molecule has 2 rings (SSSR count). The first kappa shape index (κ1) is 15.6. The second kappa shape index (κ2) is 6.33. The first-order valence-electron chi connectivity index (χ1n) is 5.55. The monoisotopic (exact) mass is 346 g/mol. The largest absolute Gasteiger partial charge is 0.477 e. The van der Waals surface area contributed by atoms with Crippen molar-refractivity contribution >= 4 is 46.4 Å². The van der Waals surface area contributed by atoms with Crippen LogP contribution in [0.15, 0.2) is 6.07 Å². The van der Waals surface area contributed by atoms with Crippen molar-refractivity contribution in [1.29, 1.82) is 0 Å². The van der Waals surface area contributed by atoms with Gasteiger partial charge in [0.05, 0.1) is 17.8 Å². The van der Waals surface area contributed by atoms with Crippen LogP contribution in [0.3, 0.4) is 0 Å². The first-order valence-corrected chi connectivity index (χ1v) is 7.12. The minimum Gasteiger partial charge on any atom is -0.477 e. The Balaban J connectivity index is 2.09. The van der Waals surface area contributed by atoms with Crippen molar-refractivity contribution in [3.05, 3.63) is 37.5 Å². The number of thiazole rings is 1. The van der Waals surface area contributed by atoms with Gasteiger partial charge < -0.3 is 10.4 Å². The Kier molecular flexibility index (Phi) is 4.71. The highest BCUT2D eigenvalue weighted by Gasteiger charge is 2.16. The number of hydrogen-bond acceptors (Lipinski definition) is 6. The van der Waals surface area contributed by atoms with Gasteiger partial charge in [0.2, 0.25) is 0 Å². The quantitative estimate of drug-likeness (QED) is 0.878. The van der Waals surface area contributed by atoms with E-state index in [1.165, 1.54) is 6.07 Å². The molecule has 2 N–H and O–H groups in total. The highest BCUT2D eigenvalue weighted by Crippen LogP contribution is 2.19. The van der Waals surface area contributed by atoms with E-state index in [1.807, 2.05) is 0 Å². The van der Waals surface area contributed by atoms with Gasteiger partial charge in [0, 0.05) is 0 Å². The van der Waals surface area contributed by atoms with Crippen molar-refractivity contribution in [3.63, 3.8) is 0 Å². The fraction of sp³-hybridized carbons (Fsp3) is 0.182. The number of rotatable bonds is 4. The van der Waals surface area contributed by atoms with E-state index in [9.17, 15) is 9.59 Å². The van der Waals surface area contributed by atoms with Crippen molar-refractivity contribution < 1.29 is 14.7 Å². The van der Waals surface area contributed by atoms with Crippen LogP contribution in [0.25, 0.3) is 0 Å². The molecule has 7 nitrogen and oxygen atoms in total. The normalized spacial score (nSPS) is 10.4. The Bertz CT molecular complexity index is 719. The number of carboxylic acid groups (broad SMARTS) is 1. The average molecular weight is 347 g/mol. The van der Waals surface area contributed by atoms with Gasteiger partial charge in [-0.1, -0.05) is 23.2 Å². The fourth-order valence-electron chi connectivity index (χ4n) is 1.49. The van der Waals surface area contributed by atoms with Gasteiger partial charge in [-0.25, -0.2) is 9.78 Å². The highest BCUT2D eigenvalue weighted by atomic mass is 35.5. The fourth-order valence-corrected chi connectivity index (χ4v) is 2.66.